The minimum absolute atomic E-state index is 0. The number of pyridine rings is 1. The zero-order valence-corrected chi connectivity index (χ0v) is 15.5. The van der Waals surface area contributed by atoms with E-state index in [0.29, 0.717) is 5.56 Å². The van der Waals surface area contributed by atoms with Crippen molar-refractivity contribution >= 4 is 17.5 Å². The third-order valence-electron chi connectivity index (χ3n) is 4.92. The Hall–Kier alpha value is -2.93. The number of anilines is 1. The highest BCUT2D eigenvalue weighted by atomic mass is 16.2. The second-order valence-corrected chi connectivity index (χ2v) is 6.67. The molecule has 2 amide bonds. The summed E-state index contributed by atoms with van der Waals surface area (Å²) in [4.78, 5) is 31.6. The number of aromatic nitrogens is 1. The first kappa shape index (κ1) is 21.4. The Labute approximate surface area is 166 Å². The minimum Gasteiger partial charge on any atom is -0.367 e. The molecule has 0 radical (unpaired) electrons. The molecule has 1 fully saturated rings. The Morgan fingerprint density at radius 1 is 1.04 bits per heavy atom. The summed E-state index contributed by atoms with van der Waals surface area (Å²) in [7, 11) is 0. The van der Waals surface area contributed by atoms with E-state index in [0.717, 1.165) is 56.0 Å². The van der Waals surface area contributed by atoms with E-state index >= 15 is 0 Å². The van der Waals surface area contributed by atoms with E-state index in [-0.39, 0.29) is 19.2 Å². The number of amides is 2. The predicted octanol–water partition coefficient (Wildman–Crippen LogP) is 1.77. The molecule has 28 heavy (non-hydrogen) atoms. The molecular weight excluding hydrogens is 354 g/mol. The van der Waals surface area contributed by atoms with Crippen LogP contribution in [0.3, 0.4) is 0 Å². The summed E-state index contributed by atoms with van der Waals surface area (Å²) in [6.45, 7) is 4.81. The molecule has 3 N–H and O–H groups in total. The van der Waals surface area contributed by atoms with Crippen LogP contribution in [0.1, 0.15) is 36.0 Å². The van der Waals surface area contributed by atoms with Crippen LogP contribution in [0.4, 0.5) is 5.69 Å². The number of nitrogens with one attached hydrogen (secondary N) is 1. The van der Waals surface area contributed by atoms with Gasteiger partial charge in [0.05, 0.1) is 11.9 Å². The van der Waals surface area contributed by atoms with Crippen LogP contribution in [0.5, 0.6) is 0 Å². The Bertz CT molecular complexity index is 781. The maximum Gasteiger partial charge on any atom is 0.265 e. The molecule has 1 aromatic carbocycles. The van der Waals surface area contributed by atoms with E-state index in [1.807, 2.05) is 23.2 Å². The number of rotatable bonds is 5. The highest BCUT2D eigenvalue weighted by Gasteiger charge is 2.18. The molecule has 7 nitrogen and oxygen atoms in total. The molecule has 1 saturated heterocycles. The summed E-state index contributed by atoms with van der Waals surface area (Å²) < 4.78 is 0. The number of nitrogen functional groups attached to an aromatic ring is 1. The molecule has 1 aliphatic heterocycles. The summed E-state index contributed by atoms with van der Waals surface area (Å²) in [5.74, 6) is 4.98. The first-order valence-corrected chi connectivity index (χ1v) is 9.12. The van der Waals surface area contributed by atoms with Crippen molar-refractivity contribution in [1.29, 1.82) is 0 Å². The molecule has 7 heteroatoms. The van der Waals surface area contributed by atoms with E-state index in [1.165, 1.54) is 0 Å². The van der Waals surface area contributed by atoms with Gasteiger partial charge in [0.1, 0.15) is 0 Å². The third kappa shape index (κ3) is 5.29. The number of aryl methyl sites for hydroxylation is 2. The number of hydrazine groups is 1. The zero-order valence-electron chi connectivity index (χ0n) is 15.5. The van der Waals surface area contributed by atoms with Crippen molar-refractivity contribution in [3.8, 4) is 0 Å². The maximum atomic E-state index is 11.4. The molecule has 0 spiro atoms. The van der Waals surface area contributed by atoms with Crippen LogP contribution in [0.15, 0.2) is 42.6 Å². The Balaban J connectivity index is 0.00000280. The van der Waals surface area contributed by atoms with Crippen LogP contribution < -0.4 is 16.2 Å². The van der Waals surface area contributed by atoms with Gasteiger partial charge in [-0.05, 0) is 42.7 Å². The van der Waals surface area contributed by atoms with E-state index in [9.17, 15) is 9.59 Å². The normalized spacial score (nSPS) is 13.6. The molecule has 0 atom stereocenters. The first-order valence-electron chi connectivity index (χ1n) is 9.12. The van der Waals surface area contributed by atoms with E-state index in [1.54, 1.807) is 19.1 Å². The fourth-order valence-corrected chi connectivity index (χ4v) is 3.21. The van der Waals surface area contributed by atoms with Crippen LogP contribution in [-0.2, 0) is 17.6 Å². The van der Waals surface area contributed by atoms with Crippen LogP contribution >= 0.6 is 0 Å². The lowest BCUT2D eigenvalue weighted by Gasteiger charge is -2.35. The minimum atomic E-state index is -0.289. The summed E-state index contributed by atoms with van der Waals surface area (Å²) in [6, 6.07) is 11.6. The van der Waals surface area contributed by atoms with Crippen molar-refractivity contribution in [2.24, 2.45) is 5.84 Å². The average Bonchev–Trinajstić information content (AvgIpc) is 2.72. The van der Waals surface area contributed by atoms with Crippen LogP contribution in [0, 0.1) is 0 Å². The third-order valence-corrected chi connectivity index (χ3v) is 4.92. The average molecular weight is 383 g/mol. The molecule has 3 rings (SSSR count). The zero-order chi connectivity index (χ0) is 19.2. The molecule has 0 bridgehead atoms. The number of nitrogens with two attached hydrogens (primary N) is 1. The van der Waals surface area contributed by atoms with E-state index in [4.69, 9.17) is 5.84 Å². The summed E-state index contributed by atoms with van der Waals surface area (Å²) in [5.41, 5.74) is 5.95. The van der Waals surface area contributed by atoms with Crippen molar-refractivity contribution in [2.45, 2.75) is 27.2 Å². The highest BCUT2D eigenvalue weighted by molar-refractivity contribution is 5.93. The van der Waals surface area contributed by atoms with Crippen LogP contribution in [0.2, 0.25) is 0 Å². The van der Waals surface area contributed by atoms with Gasteiger partial charge in [0.2, 0.25) is 5.91 Å². The molecule has 0 aliphatic carbocycles. The van der Waals surface area contributed by atoms with E-state index in [2.05, 4.69) is 27.4 Å². The van der Waals surface area contributed by atoms with E-state index < -0.39 is 0 Å². The molecule has 1 aromatic heterocycles. The fraction of sp³-hybridized carbons (Fsp3) is 0.381. The number of carbonyl (C=O) groups excluding carboxylic acids is 2. The van der Waals surface area contributed by atoms with Gasteiger partial charge in [-0.1, -0.05) is 19.6 Å². The second kappa shape index (κ2) is 9.85. The standard InChI is InChI=1S/C20H25N5O2.CH4/c1-15(26)24-10-12-25(13-11-24)19-9-8-18(22-14-19)7-4-16-2-5-17(6-3-16)20(27)23-21;/h2-3,5-6,8-9,14H,4,7,10-13,21H2,1H3,(H,23,27);1H4. The monoisotopic (exact) mass is 383 g/mol. The molecule has 150 valence electrons. The van der Waals surface area contributed by atoms with Crippen molar-refractivity contribution in [1.82, 2.24) is 15.3 Å². The first-order chi connectivity index (χ1) is 13.1. The van der Waals surface area contributed by atoms with Gasteiger partial charge < -0.3 is 9.80 Å². The Kier molecular flexibility index (Phi) is 7.52. The van der Waals surface area contributed by atoms with Gasteiger partial charge in [0, 0.05) is 44.4 Å². The molecule has 2 heterocycles. The molecular formula is C21H29N5O2. The quantitative estimate of drug-likeness (QED) is 0.466. The lowest BCUT2D eigenvalue weighted by Crippen LogP contribution is -2.48. The highest BCUT2D eigenvalue weighted by Crippen LogP contribution is 2.16. The van der Waals surface area contributed by atoms with Gasteiger partial charge in [-0.15, -0.1) is 0 Å². The maximum absolute atomic E-state index is 11.4. The number of hydrogen-bond donors (Lipinski definition) is 2. The predicted molar refractivity (Wildman–Crippen MR) is 111 cm³/mol. The summed E-state index contributed by atoms with van der Waals surface area (Å²) in [6.07, 6.45) is 3.60. The fourth-order valence-electron chi connectivity index (χ4n) is 3.21. The lowest BCUT2D eigenvalue weighted by molar-refractivity contribution is -0.129. The van der Waals surface area contributed by atoms with Gasteiger partial charge in [-0.3, -0.25) is 20.0 Å². The number of carbonyl (C=O) groups is 2. The smallest absolute Gasteiger partial charge is 0.265 e. The van der Waals surface area contributed by atoms with Crippen LogP contribution in [0.25, 0.3) is 0 Å². The summed E-state index contributed by atoms with van der Waals surface area (Å²) in [5, 5.41) is 0. The number of hydrogen-bond acceptors (Lipinski definition) is 5. The Morgan fingerprint density at radius 3 is 2.25 bits per heavy atom. The van der Waals surface area contributed by atoms with Gasteiger partial charge in [0.15, 0.2) is 0 Å². The number of nitrogens with zero attached hydrogens (tertiary/aromatic N) is 3. The molecule has 0 saturated carbocycles. The van der Waals surface area contributed by atoms with Crippen LogP contribution in [-0.4, -0.2) is 47.9 Å². The Morgan fingerprint density at radius 2 is 1.71 bits per heavy atom. The van der Waals surface area contributed by atoms with Gasteiger partial charge >= 0.3 is 0 Å². The second-order valence-electron chi connectivity index (χ2n) is 6.67. The number of benzene rings is 1. The van der Waals surface area contributed by atoms with Gasteiger partial charge in [-0.2, -0.15) is 0 Å². The SMILES string of the molecule is C.CC(=O)N1CCN(c2ccc(CCc3ccc(C(=O)NN)cc3)nc2)CC1. The largest absolute Gasteiger partial charge is 0.367 e. The lowest BCUT2D eigenvalue weighted by atomic mass is 10.1. The molecule has 2 aromatic rings. The van der Waals surface area contributed by atoms with Crippen molar-refractivity contribution < 1.29 is 9.59 Å². The van der Waals surface area contributed by atoms with Gasteiger partial charge in [-0.25, -0.2) is 5.84 Å². The number of piperazine rings is 1. The molecule has 1 aliphatic rings. The van der Waals surface area contributed by atoms with Gasteiger partial charge in [0.25, 0.3) is 5.91 Å². The summed E-state index contributed by atoms with van der Waals surface area (Å²) >= 11 is 0. The van der Waals surface area contributed by atoms with Crippen molar-refractivity contribution in [3.05, 3.63) is 59.4 Å². The topological polar surface area (TPSA) is 91.6 Å². The molecule has 0 unspecified atom stereocenters. The van der Waals surface area contributed by atoms with Crippen molar-refractivity contribution in [3.63, 3.8) is 0 Å². The van der Waals surface area contributed by atoms with Crippen molar-refractivity contribution in [2.75, 3.05) is 31.1 Å².